The molecule has 1 amide bonds. The van der Waals surface area contributed by atoms with E-state index in [1.165, 1.54) is 0 Å². The summed E-state index contributed by atoms with van der Waals surface area (Å²) in [6, 6.07) is 9.59. The Labute approximate surface area is 113 Å². The van der Waals surface area contributed by atoms with Crippen molar-refractivity contribution in [2.24, 2.45) is 0 Å². The molecule has 1 aromatic carbocycles. The maximum Gasteiger partial charge on any atom is 0.426 e. The van der Waals surface area contributed by atoms with E-state index in [2.05, 4.69) is 10.9 Å². The number of nitrogens with one attached hydrogen (secondary N) is 3. The fourth-order valence-electron chi connectivity index (χ4n) is 1.21. The molecule has 0 radical (unpaired) electrons. The second-order valence-electron chi connectivity index (χ2n) is 4.91. The van der Waals surface area contributed by atoms with Crippen LogP contribution in [-0.2, 0) is 4.74 Å². The van der Waals surface area contributed by atoms with Crippen molar-refractivity contribution in [3.8, 4) is 0 Å². The first-order valence-electron chi connectivity index (χ1n) is 5.93. The molecule has 0 fully saturated rings. The van der Waals surface area contributed by atoms with Crippen LogP contribution in [0.5, 0.6) is 0 Å². The Morgan fingerprint density at radius 1 is 1.21 bits per heavy atom. The molecular weight excluding hydrogens is 242 g/mol. The van der Waals surface area contributed by atoms with E-state index in [1.807, 2.05) is 30.3 Å². The Morgan fingerprint density at radius 3 is 2.42 bits per heavy atom. The van der Waals surface area contributed by atoms with Gasteiger partial charge < -0.3 is 4.74 Å². The molecule has 0 aliphatic rings. The van der Waals surface area contributed by atoms with Gasteiger partial charge >= 0.3 is 6.09 Å². The molecule has 0 aliphatic carbocycles. The van der Waals surface area contributed by atoms with Crippen LogP contribution >= 0.6 is 0 Å². The van der Waals surface area contributed by atoms with E-state index in [4.69, 9.17) is 10.1 Å². The SMILES string of the molecule is CC(C)(C)OC(=O)NNC(=N)/C=C/c1ccccc1. The van der Waals surface area contributed by atoms with Crippen LogP contribution in [0, 0.1) is 5.41 Å². The minimum absolute atomic E-state index is 0.0645. The first-order chi connectivity index (χ1) is 8.87. The molecule has 5 nitrogen and oxygen atoms in total. The van der Waals surface area contributed by atoms with Crippen LogP contribution < -0.4 is 10.9 Å². The summed E-state index contributed by atoms with van der Waals surface area (Å²) < 4.78 is 5.02. The average molecular weight is 261 g/mol. The largest absolute Gasteiger partial charge is 0.443 e. The van der Waals surface area contributed by atoms with Gasteiger partial charge in [-0.05, 0) is 32.4 Å². The molecule has 0 bridgehead atoms. The highest BCUT2D eigenvalue weighted by atomic mass is 16.6. The van der Waals surface area contributed by atoms with Gasteiger partial charge in [0.15, 0.2) is 0 Å². The molecule has 0 aromatic heterocycles. The summed E-state index contributed by atoms with van der Waals surface area (Å²) in [6.45, 7) is 5.31. The molecule has 0 spiro atoms. The van der Waals surface area contributed by atoms with Crippen LogP contribution in [0.4, 0.5) is 4.79 Å². The minimum atomic E-state index is -0.620. The molecule has 1 rings (SSSR count). The van der Waals surface area contributed by atoms with Gasteiger partial charge in [-0.2, -0.15) is 0 Å². The standard InChI is InChI=1S/C14H19N3O2/c1-14(2,3)19-13(18)17-16-12(15)10-9-11-7-5-4-6-8-11/h4-10H,1-3H3,(H2,15,16)(H,17,18)/b10-9+. The van der Waals surface area contributed by atoms with Gasteiger partial charge in [-0.1, -0.05) is 36.4 Å². The zero-order valence-corrected chi connectivity index (χ0v) is 11.4. The first-order valence-corrected chi connectivity index (χ1v) is 5.93. The van der Waals surface area contributed by atoms with E-state index >= 15 is 0 Å². The molecule has 0 unspecified atom stereocenters. The molecule has 19 heavy (non-hydrogen) atoms. The van der Waals surface area contributed by atoms with Gasteiger partial charge in [-0.25, -0.2) is 10.2 Å². The Hall–Kier alpha value is -2.30. The van der Waals surface area contributed by atoms with Crippen molar-refractivity contribution in [2.75, 3.05) is 0 Å². The lowest BCUT2D eigenvalue weighted by atomic mass is 10.2. The van der Waals surface area contributed by atoms with E-state index in [-0.39, 0.29) is 5.84 Å². The highest BCUT2D eigenvalue weighted by Crippen LogP contribution is 2.05. The third-order valence-corrected chi connectivity index (χ3v) is 1.94. The monoisotopic (exact) mass is 261 g/mol. The highest BCUT2D eigenvalue weighted by molar-refractivity contribution is 5.94. The predicted molar refractivity (Wildman–Crippen MR) is 75.7 cm³/mol. The van der Waals surface area contributed by atoms with Crippen LogP contribution in [0.1, 0.15) is 26.3 Å². The topological polar surface area (TPSA) is 74.2 Å². The van der Waals surface area contributed by atoms with Crippen molar-refractivity contribution in [3.05, 3.63) is 42.0 Å². The van der Waals surface area contributed by atoms with E-state index in [0.29, 0.717) is 0 Å². The number of amidine groups is 1. The van der Waals surface area contributed by atoms with E-state index in [9.17, 15) is 4.79 Å². The lowest BCUT2D eigenvalue weighted by Gasteiger charge is -2.19. The predicted octanol–water partition coefficient (Wildman–Crippen LogP) is 2.71. The fourth-order valence-corrected chi connectivity index (χ4v) is 1.21. The lowest BCUT2D eigenvalue weighted by molar-refractivity contribution is 0.0513. The summed E-state index contributed by atoms with van der Waals surface area (Å²) >= 11 is 0. The Balaban J connectivity index is 2.36. The molecule has 0 saturated heterocycles. The minimum Gasteiger partial charge on any atom is -0.443 e. The Morgan fingerprint density at radius 2 is 1.84 bits per heavy atom. The summed E-state index contributed by atoms with van der Waals surface area (Å²) in [5.41, 5.74) is 5.15. The first kappa shape index (κ1) is 14.8. The van der Waals surface area contributed by atoms with Gasteiger partial charge in [0.05, 0.1) is 0 Å². The quantitative estimate of drug-likeness (QED) is 0.435. The summed E-state index contributed by atoms with van der Waals surface area (Å²) in [5, 5.41) is 7.59. The van der Waals surface area contributed by atoms with Crippen molar-refractivity contribution < 1.29 is 9.53 Å². The number of hydrogen-bond acceptors (Lipinski definition) is 3. The average Bonchev–Trinajstić information content (AvgIpc) is 2.33. The molecule has 3 N–H and O–H groups in total. The molecule has 0 saturated carbocycles. The smallest absolute Gasteiger partial charge is 0.426 e. The maximum absolute atomic E-state index is 11.3. The van der Waals surface area contributed by atoms with E-state index < -0.39 is 11.7 Å². The van der Waals surface area contributed by atoms with Gasteiger partial charge in [-0.15, -0.1) is 0 Å². The van der Waals surface area contributed by atoms with E-state index in [1.54, 1.807) is 32.9 Å². The van der Waals surface area contributed by atoms with Crippen molar-refractivity contribution in [2.45, 2.75) is 26.4 Å². The van der Waals surface area contributed by atoms with Gasteiger partial charge in [0.1, 0.15) is 11.4 Å². The third-order valence-electron chi connectivity index (χ3n) is 1.94. The number of hydrazine groups is 1. The van der Waals surface area contributed by atoms with E-state index in [0.717, 1.165) is 5.56 Å². The van der Waals surface area contributed by atoms with Gasteiger partial charge in [-0.3, -0.25) is 10.8 Å². The number of carbonyl (C=O) groups is 1. The number of hydrogen-bond donors (Lipinski definition) is 3. The summed E-state index contributed by atoms with van der Waals surface area (Å²) in [4.78, 5) is 11.3. The normalized spacial score (nSPS) is 11.1. The Kier molecular flexibility index (Phi) is 5.11. The fraction of sp³-hybridized carbons (Fsp3) is 0.286. The van der Waals surface area contributed by atoms with Gasteiger partial charge in [0.25, 0.3) is 0 Å². The summed E-state index contributed by atoms with van der Waals surface area (Å²) in [5.74, 6) is 0.0645. The van der Waals surface area contributed by atoms with Crippen LogP contribution in [0.25, 0.3) is 6.08 Å². The maximum atomic E-state index is 11.3. The molecule has 102 valence electrons. The summed E-state index contributed by atoms with van der Waals surface area (Å²) in [6.07, 6.45) is 2.70. The summed E-state index contributed by atoms with van der Waals surface area (Å²) in [7, 11) is 0. The van der Waals surface area contributed by atoms with Crippen molar-refractivity contribution in [3.63, 3.8) is 0 Å². The lowest BCUT2D eigenvalue weighted by Crippen LogP contribution is -2.43. The number of rotatable bonds is 2. The Bertz CT molecular complexity index is 461. The molecule has 0 heterocycles. The van der Waals surface area contributed by atoms with Crippen molar-refractivity contribution in [1.29, 1.82) is 5.41 Å². The molecule has 0 atom stereocenters. The van der Waals surface area contributed by atoms with Gasteiger partial charge in [0.2, 0.25) is 0 Å². The molecule has 5 heteroatoms. The van der Waals surface area contributed by atoms with Crippen LogP contribution in [0.15, 0.2) is 36.4 Å². The zero-order valence-electron chi connectivity index (χ0n) is 11.4. The zero-order chi connectivity index (χ0) is 14.3. The number of ether oxygens (including phenoxy) is 1. The highest BCUT2D eigenvalue weighted by Gasteiger charge is 2.15. The second kappa shape index (κ2) is 6.58. The van der Waals surface area contributed by atoms with Crippen molar-refractivity contribution >= 4 is 18.0 Å². The molecular formula is C14H19N3O2. The third kappa shape index (κ3) is 6.88. The van der Waals surface area contributed by atoms with Gasteiger partial charge in [0, 0.05) is 0 Å². The number of amides is 1. The van der Waals surface area contributed by atoms with Crippen molar-refractivity contribution in [1.82, 2.24) is 10.9 Å². The second-order valence-corrected chi connectivity index (χ2v) is 4.91. The molecule has 1 aromatic rings. The molecule has 0 aliphatic heterocycles. The van der Waals surface area contributed by atoms with Crippen LogP contribution in [-0.4, -0.2) is 17.5 Å². The van der Waals surface area contributed by atoms with Crippen LogP contribution in [0.2, 0.25) is 0 Å². The van der Waals surface area contributed by atoms with Crippen LogP contribution in [0.3, 0.4) is 0 Å². The number of carbonyl (C=O) groups excluding carboxylic acids is 1. The number of benzene rings is 1.